The van der Waals surface area contributed by atoms with Crippen molar-refractivity contribution in [3.63, 3.8) is 0 Å². The fourth-order valence-electron chi connectivity index (χ4n) is 0.863. The summed E-state index contributed by atoms with van der Waals surface area (Å²) in [5, 5.41) is 10.2. The fourth-order valence-corrected chi connectivity index (χ4v) is 0.863. The summed E-state index contributed by atoms with van der Waals surface area (Å²) in [7, 11) is 0. The number of nitro benzene ring substituents is 1. The summed E-state index contributed by atoms with van der Waals surface area (Å²) < 4.78 is 12.9. The van der Waals surface area contributed by atoms with E-state index >= 15 is 0 Å². The Morgan fingerprint density at radius 1 is 1.62 bits per heavy atom. The summed E-state index contributed by atoms with van der Waals surface area (Å²) >= 11 is 0. The molecule has 0 aliphatic heterocycles. The highest BCUT2D eigenvalue weighted by atomic mass is 19.1. The second kappa shape index (κ2) is 3.63. The van der Waals surface area contributed by atoms with Gasteiger partial charge in [0.15, 0.2) is 0 Å². The normalized spacial score (nSPS) is 9.23. The van der Waals surface area contributed by atoms with Crippen LogP contribution in [-0.4, -0.2) is 4.92 Å². The van der Waals surface area contributed by atoms with Gasteiger partial charge in [-0.2, -0.15) is 0 Å². The van der Waals surface area contributed by atoms with Gasteiger partial charge in [0.05, 0.1) is 16.6 Å². The zero-order valence-corrected chi connectivity index (χ0v) is 6.53. The van der Waals surface area contributed by atoms with Gasteiger partial charge in [-0.1, -0.05) is 0 Å². The highest BCUT2D eigenvalue weighted by molar-refractivity contribution is 5.34. The lowest BCUT2D eigenvalue weighted by Crippen LogP contribution is -1.92. The van der Waals surface area contributed by atoms with Gasteiger partial charge in [0.1, 0.15) is 5.82 Å². The number of halogens is 1. The minimum Gasteiger partial charge on any atom is -0.312 e. The molecule has 4 nitrogen and oxygen atoms in total. The average Bonchev–Trinajstić information content (AvgIpc) is 2.08. The maximum Gasteiger partial charge on any atom is 0.272 e. The van der Waals surface area contributed by atoms with Gasteiger partial charge in [-0.05, 0) is 6.07 Å². The van der Waals surface area contributed by atoms with Crippen LogP contribution in [0.25, 0.3) is 4.85 Å². The van der Waals surface area contributed by atoms with Crippen molar-refractivity contribution in [2.45, 2.75) is 6.54 Å². The summed E-state index contributed by atoms with van der Waals surface area (Å²) in [6.45, 7) is 6.41. The molecule has 0 aliphatic rings. The van der Waals surface area contributed by atoms with E-state index < -0.39 is 10.7 Å². The van der Waals surface area contributed by atoms with Crippen LogP contribution in [-0.2, 0) is 6.54 Å². The van der Waals surface area contributed by atoms with Crippen molar-refractivity contribution in [1.82, 2.24) is 0 Å². The predicted molar refractivity (Wildman–Crippen MR) is 43.4 cm³/mol. The van der Waals surface area contributed by atoms with Crippen LogP contribution in [0.2, 0.25) is 0 Å². The van der Waals surface area contributed by atoms with Crippen molar-refractivity contribution in [3.05, 3.63) is 51.1 Å². The van der Waals surface area contributed by atoms with Gasteiger partial charge in [0, 0.05) is 6.07 Å². The number of nitrogens with zero attached hydrogens (tertiary/aromatic N) is 2. The topological polar surface area (TPSA) is 47.5 Å². The molecule has 0 saturated heterocycles. The minimum atomic E-state index is -0.704. The molecule has 0 bridgehead atoms. The predicted octanol–water partition coefficient (Wildman–Crippen LogP) is 2.15. The van der Waals surface area contributed by atoms with Crippen LogP contribution >= 0.6 is 0 Å². The molecule has 0 N–H and O–H groups in total. The number of non-ortho nitro benzene ring substituents is 1. The van der Waals surface area contributed by atoms with Crippen molar-refractivity contribution in [2.24, 2.45) is 0 Å². The molecule has 66 valence electrons. The molecular weight excluding hydrogens is 175 g/mol. The maximum atomic E-state index is 12.9. The molecule has 0 radical (unpaired) electrons. The Morgan fingerprint density at radius 3 is 2.77 bits per heavy atom. The molecule has 0 fully saturated rings. The van der Waals surface area contributed by atoms with E-state index in [2.05, 4.69) is 4.85 Å². The van der Waals surface area contributed by atoms with E-state index in [-0.39, 0.29) is 17.8 Å². The third-order valence-corrected chi connectivity index (χ3v) is 1.50. The molecule has 0 saturated carbocycles. The third-order valence-electron chi connectivity index (χ3n) is 1.50. The van der Waals surface area contributed by atoms with Crippen molar-refractivity contribution in [1.29, 1.82) is 0 Å². The van der Waals surface area contributed by atoms with Crippen molar-refractivity contribution < 1.29 is 9.31 Å². The summed E-state index contributed by atoms with van der Waals surface area (Å²) in [4.78, 5) is 12.5. The van der Waals surface area contributed by atoms with Gasteiger partial charge in [-0.3, -0.25) is 10.1 Å². The molecule has 0 atom stereocenters. The van der Waals surface area contributed by atoms with Crippen molar-refractivity contribution >= 4 is 5.69 Å². The van der Waals surface area contributed by atoms with E-state index in [4.69, 9.17) is 6.57 Å². The minimum absolute atomic E-state index is 0.0934. The van der Waals surface area contributed by atoms with E-state index in [1.807, 2.05) is 0 Å². The first-order valence-corrected chi connectivity index (χ1v) is 3.41. The summed E-state index contributed by atoms with van der Waals surface area (Å²) in [6.07, 6.45) is 0. The smallest absolute Gasteiger partial charge is 0.272 e. The van der Waals surface area contributed by atoms with Gasteiger partial charge in [-0.15, -0.1) is 0 Å². The van der Waals surface area contributed by atoms with Gasteiger partial charge < -0.3 is 4.85 Å². The number of benzene rings is 1. The number of nitro groups is 1. The van der Waals surface area contributed by atoms with E-state index in [1.54, 1.807) is 0 Å². The molecule has 1 aromatic rings. The van der Waals surface area contributed by atoms with Gasteiger partial charge in [-0.25, -0.2) is 11.0 Å². The second-order valence-electron chi connectivity index (χ2n) is 2.35. The SMILES string of the molecule is [C-]#[N+]Cc1ccc([N+](=O)[O-])cc1F. The Balaban J connectivity index is 3.07. The zero-order valence-electron chi connectivity index (χ0n) is 6.53. The van der Waals surface area contributed by atoms with Gasteiger partial charge in [0.2, 0.25) is 6.54 Å². The quantitative estimate of drug-likeness (QED) is 0.397. The lowest BCUT2D eigenvalue weighted by atomic mass is 10.2. The molecule has 0 aromatic heterocycles. The number of rotatable bonds is 2. The van der Waals surface area contributed by atoms with Crippen LogP contribution in [0.15, 0.2) is 18.2 Å². The summed E-state index contributed by atoms with van der Waals surface area (Å²) in [5.74, 6) is -0.704. The molecule has 5 heteroatoms. The van der Waals surface area contributed by atoms with Crippen LogP contribution in [0, 0.1) is 22.5 Å². The Hall–Kier alpha value is -1.96. The molecule has 1 aromatic carbocycles. The molecular formula is C8H5FN2O2. The molecule has 0 amide bonds. The zero-order chi connectivity index (χ0) is 9.84. The lowest BCUT2D eigenvalue weighted by molar-refractivity contribution is -0.385. The van der Waals surface area contributed by atoms with E-state index in [1.165, 1.54) is 12.1 Å². The standard InChI is InChI=1S/C8H5FN2O2/c1-10-5-6-2-3-7(11(12)13)4-8(6)9/h2-4H,5H2. The summed E-state index contributed by atoms with van der Waals surface area (Å²) in [6, 6.07) is 3.26. The van der Waals surface area contributed by atoms with Crippen LogP contribution in [0.1, 0.15) is 5.56 Å². The van der Waals surface area contributed by atoms with Crippen LogP contribution in [0.3, 0.4) is 0 Å². The molecule has 13 heavy (non-hydrogen) atoms. The third kappa shape index (κ3) is 1.99. The highest BCUT2D eigenvalue weighted by Gasteiger charge is 2.11. The van der Waals surface area contributed by atoms with E-state index in [0.717, 1.165) is 6.07 Å². The van der Waals surface area contributed by atoms with Crippen LogP contribution in [0.4, 0.5) is 10.1 Å². The Bertz CT molecular complexity index is 384. The monoisotopic (exact) mass is 180 g/mol. The first-order chi connectivity index (χ1) is 6.15. The molecule has 0 aliphatic carbocycles. The number of hydrogen-bond donors (Lipinski definition) is 0. The van der Waals surface area contributed by atoms with Crippen LogP contribution < -0.4 is 0 Å². The molecule has 1 rings (SSSR count). The van der Waals surface area contributed by atoms with E-state index in [0.29, 0.717) is 0 Å². The fraction of sp³-hybridized carbons (Fsp3) is 0.125. The first-order valence-electron chi connectivity index (χ1n) is 3.41. The molecule has 0 unspecified atom stereocenters. The van der Waals surface area contributed by atoms with Crippen LogP contribution in [0.5, 0.6) is 0 Å². The Kier molecular flexibility index (Phi) is 2.55. The van der Waals surface area contributed by atoms with E-state index in [9.17, 15) is 14.5 Å². The van der Waals surface area contributed by atoms with Crippen molar-refractivity contribution in [2.75, 3.05) is 0 Å². The maximum absolute atomic E-state index is 12.9. The summed E-state index contributed by atoms with van der Waals surface area (Å²) in [5.41, 5.74) is -0.119. The highest BCUT2D eigenvalue weighted by Crippen LogP contribution is 2.16. The first kappa shape index (κ1) is 9.13. The second-order valence-corrected chi connectivity index (χ2v) is 2.35. The Morgan fingerprint density at radius 2 is 2.31 bits per heavy atom. The largest absolute Gasteiger partial charge is 0.312 e. The average molecular weight is 180 g/mol. The van der Waals surface area contributed by atoms with Gasteiger partial charge >= 0.3 is 0 Å². The number of hydrogen-bond acceptors (Lipinski definition) is 2. The Labute approximate surface area is 73.6 Å². The molecule has 0 spiro atoms. The van der Waals surface area contributed by atoms with Crippen molar-refractivity contribution in [3.8, 4) is 0 Å². The molecule has 0 heterocycles. The lowest BCUT2D eigenvalue weighted by Gasteiger charge is -1.94. The van der Waals surface area contributed by atoms with Gasteiger partial charge in [0.25, 0.3) is 5.69 Å².